The highest BCUT2D eigenvalue weighted by atomic mass is 16.5. The zero-order valence-corrected chi connectivity index (χ0v) is 17.3. The third-order valence-electron chi connectivity index (χ3n) is 5.05. The van der Waals surface area contributed by atoms with Crippen LogP contribution in [0, 0.1) is 0 Å². The van der Waals surface area contributed by atoms with Crippen molar-refractivity contribution in [1.82, 2.24) is 10.3 Å². The van der Waals surface area contributed by atoms with E-state index in [9.17, 15) is 4.79 Å². The Morgan fingerprint density at radius 1 is 0.774 bits per heavy atom. The first-order chi connectivity index (χ1) is 15.2. The summed E-state index contributed by atoms with van der Waals surface area (Å²) in [5.74, 6) is 0.447. The second-order valence-corrected chi connectivity index (χ2v) is 7.26. The average Bonchev–Trinajstić information content (AvgIpc) is 2.84. The van der Waals surface area contributed by atoms with E-state index in [1.165, 1.54) is 0 Å². The fourth-order valence-corrected chi connectivity index (χ4v) is 3.39. The molecule has 1 amide bonds. The summed E-state index contributed by atoms with van der Waals surface area (Å²) in [6.07, 6.45) is 1.07. The van der Waals surface area contributed by atoms with E-state index in [-0.39, 0.29) is 11.9 Å². The SMILES string of the molecule is CC(Oc1ccc(-c2ccccc2)cc1)C(=O)NC(c1ccccc1)c1ccccn1. The molecule has 0 spiro atoms. The highest BCUT2D eigenvalue weighted by molar-refractivity contribution is 5.81. The van der Waals surface area contributed by atoms with Gasteiger partial charge in [0.25, 0.3) is 5.91 Å². The first-order valence-electron chi connectivity index (χ1n) is 10.3. The van der Waals surface area contributed by atoms with Crippen LogP contribution in [0.1, 0.15) is 24.2 Å². The lowest BCUT2D eigenvalue weighted by Crippen LogP contribution is -2.39. The summed E-state index contributed by atoms with van der Waals surface area (Å²) >= 11 is 0. The summed E-state index contributed by atoms with van der Waals surface area (Å²) in [5.41, 5.74) is 3.99. The molecular weight excluding hydrogens is 384 g/mol. The Kier molecular flexibility index (Phi) is 6.38. The van der Waals surface area contributed by atoms with Gasteiger partial charge in [0.2, 0.25) is 0 Å². The zero-order valence-electron chi connectivity index (χ0n) is 17.3. The molecular formula is C27H24N2O2. The molecule has 1 N–H and O–H groups in total. The van der Waals surface area contributed by atoms with Gasteiger partial charge in [0.15, 0.2) is 6.10 Å². The monoisotopic (exact) mass is 408 g/mol. The second kappa shape index (κ2) is 9.72. The standard InChI is InChI=1S/C27H24N2O2/c1-20(31-24-17-15-22(16-18-24)21-10-4-2-5-11-21)27(30)29-26(23-12-6-3-7-13-23)25-14-8-9-19-28-25/h2-20,26H,1H3,(H,29,30). The summed E-state index contributed by atoms with van der Waals surface area (Å²) in [7, 11) is 0. The van der Waals surface area contributed by atoms with E-state index in [4.69, 9.17) is 4.74 Å². The smallest absolute Gasteiger partial charge is 0.261 e. The lowest BCUT2D eigenvalue weighted by molar-refractivity contribution is -0.127. The Morgan fingerprint density at radius 2 is 1.39 bits per heavy atom. The van der Waals surface area contributed by atoms with Gasteiger partial charge >= 0.3 is 0 Å². The molecule has 0 saturated heterocycles. The van der Waals surface area contributed by atoms with Crippen LogP contribution in [0.2, 0.25) is 0 Å². The van der Waals surface area contributed by atoms with Crippen LogP contribution in [0.4, 0.5) is 0 Å². The van der Waals surface area contributed by atoms with Crippen LogP contribution in [0.15, 0.2) is 109 Å². The summed E-state index contributed by atoms with van der Waals surface area (Å²) in [4.78, 5) is 17.4. The molecule has 4 nitrogen and oxygen atoms in total. The summed E-state index contributed by atoms with van der Waals surface area (Å²) in [6.45, 7) is 1.75. The number of benzene rings is 3. The number of aromatic nitrogens is 1. The summed E-state index contributed by atoms with van der Waals surface area (Å²) < 4.78 is 5.91. The number of carbonyl (C=O) groups is 1. The molecule has 4 rings (SSSR count). The van der Waals surface area contributed by atoms with Crippen molar-refractivity contribution in [3.05, 3.63) is 121 Å². The number of rotatable bonds is 7. The van der Waals surface area contributed by atoms with Crippen LogP contribution in [0.5, 0.6) is 5.75 Å². The molecule has 4 heteroatoms. The molecule has 4 aromatic rings. The van der Waals surface area contributed by atoms with Crippen molar-refractivity contribution in [2.24, 2.45) is 0 Å². The van der Waals surface area contributed by atoms with Crippen molar-refractivity contribution >= 4 is 5.91 Å². The Hall–Kier alpha value is -3.92. The van der Waals surface area contributed by atoms with Crippen molar-refractivity contribution in [3.8, 4) is 16.9 Å². The number of nitrogens with one attached hydrogen (secondary N) is 1. The van der Waals surface area contributed by atoms with Gasteiger partial charge in [-0.3, -0.25) is 9.78 Å². The highest BCUT2D eigenvalue weighted by Crippen LogP contribution is 2.23. The first-order valence-corrected chi connectivity index (χ1v) is 10.3. The minimum absolute atomic E-state index is 0.202. The van der Waals surface area contributed by atoms with Crippen molar-refractivity contribution in [2.75, 3.05) is 0 Å². The van der Waals surface area contributed by atoms with E-state index in [2.05, 4.69) is 22.4 Å². The van der Waals surface area contributed by atoms with Crippen LogP contribution in [-0.4, -0.2) is 17.0 Å². The van der Waals surface area contributed by atoms with Gasteiger partial charge in [-0.25, -0.2) is 0 Å². The van der Waals surface area contributed by atoms with Gasteiger partial charge in [-0.1, -0.05) is 78.9 Å². The minimum Gasteiger partial charge on any atom is -0.481 e. The predicted octanol–water partition coefficient (Wildman–Crippen LogP) is 5.42. The maximum atomic E-state index is 12.9. The molecule has 0 aliphatic carbocycles. The maximum Gasteiger partial charge on any atom is 0.261 e. The summed E-state index contributed by atoms with van der Waals surface area (Å²) in [6, 6.07) is 33.1. The molecule has 0 fully saturated rings. The molecule has 1 aromatic heterocycles. The largest absolute Gasteiger partial charge is 0.481 e. The normalized spacial score (nSPS) is 12.5. The van der Waals surface area contributed by atoms with Crippen LogP contribution in [0.3, 0.4) is 0 Å². The number of nitrogens with zero attached hydrogens (tertiary/aromatic N) is 1. The number of hydrogen-bond donors (Lipinski definition) is 1. The molecule has 0 saturated carbocycles. The topological polar surface area (TPSA) is 51.2 Å². The van der Waals surface area contributed by atoms with E-state index < -0.39 is 6.10 Å². The van der Waals surface area contributed by atoms with E-state index in [1.807, 2.05) is 91.0 Å². The van der Waals surface area contributed by atoms with Crippen molar-refractivity contribution in [3.63, 3.8) is 0 Å². The van der Waals surface area contributed by atoms with Crippen molar-refractivity contribution in [1.29, 1.82) is 0 Å². The number of amides is 1. The predicted molar refractivity (Wildman–Crippen MR) is 123 cm³/mol. The number of pyridine rings is 1. The van der Waals surface area contributed by atoms with Crippen LogP contribution < -0.4 is 10.1 Å². The van der Waals surface area contributed by atoms with Gasteiger partial charge in [0.1, 0.15) is 5.75 Å². The third-order valence-corrected chi connectivity index (χ3v) is 5.05. The molecule has 0 aliphatic rings. The quantitative estimate of drug-likeness (QED) is 0.444. The molecule has 0 aliphatic heterocycles. The van der Waals surface area contributed by atoms with Crippen molar-refractivity contribution < 1.29 is 9.53 Å². The Labute approximate surface area is 182 Å². The molecule has 2 unspecified atom stereocenters. The highest BCUT2D eigenvalue weighted by Gasteiger charge is 2.22. The van der Waals surface area contributed by atoms with Gasteiger partial charge in [0.05, 0.1) is 11.7 Å². The molecule has 154 valence electrons. The Morgan fingerprint density at radius 3 is 2.03 bits per heavy atom. The Bertz CT molecular complexity index is 1060. The van der Waals surface area contributed by atoms with Crippen LogP contribution >= 0.6 is 0 Å². The first kappa shape index (κ1) is 20.4. The summed E-state index contributed by atoms with van der Waals surface area (Å²) in [5, 5.41) is 3.08. The van der Waals surface area contributed by atoms with E-state index in [0.717, 1.165) is 22.4 Å². The van der Waals surface area contributed by atoms with E-state index >= 15 is 0 Å². The molecule has 2 atom stereocenters. The molecule has 0 bridgehead atoms. The number of ether oxygens (including phenoxy) is 1. The minimum atomic E-state index is -0.655. The lowest BCUT2D eigenvalue weighted by Gasteiger charge is -2.22. The van der Waals surface area contributed by atoms with Crippen LogP contribution in [0.25, 0.3) is 11.1 Å². The van der Waals surface area contributed by atoms with Gasteiger partial charge in [-0.15, -0.1) is 0 Å². The fraction of sp³-hybridized carbons (Fsp3) is 0.111. The zero-order chi connectivity index (χ0) is 21.5. The third kappa shape index (κ3) is 5.17. The maximum absolute atomic E-state index is 12.9. The number of carbonyl (C=O) groups excluding carboxylic acids is 1. The van der Waals surface area contributed by atoms with Crippen LogP contribution in [-0.2, 0) is 4.79 Å². The fourth-order valence-electron chi connectivity index (χ4n) is 3.39. The second-order valence-electron chi connectivity index (χ2n) is 7.26. The van der Waals surface area contributed by atoms with E-state index in [0.29, 0.717) is 5.75 Å². The van der Waals surface area contributed by atoms with Crippen molar-refractivity contribution in [2.45, 2.75) is 19.1 Å². The molecule has 1 heterocycles. The molecule has 0 radical (unpaired) electrons. The molecule has 3 aromatic carbocycles. The van der Waals surface area contributed by atoms with Gasteiger partial charge in [0, 0.05) is 6.20 Å². The number of hydrogen-bond acceptors (Lipinski definition) is 3. The average molecular weight is 409 g/mol. The van der Waals surface area contributed by atoms with E-state index in [1.54, 1.807) is 13.1 Å². The lowest BCUT2D eigenvalue weighted by atomic mass is 10.0. The van der Waals surface area contributed by atoms with Gasteiger partial charge in [-0.05, 0) is 47.9 Å². The van der Waals surface area contributed by atoms with Gasteiger partial charge < -0.3 is 10.1 Å². The molecule has 31 heavy (non-hydrogen) atoms. The Balaban J connectivity index is 1.45. The van der Waals surface area contributed by atoms with Gasteiger partial charge in [-0.2, -0.15) is 0 Å².